The first-order chi connectivity index (χ1) is 16.7. The van der Waals surface area contributed by atoms with Crippen LogP contribution < -0.4 is 4.90 Å². The molecule has 4 rings (SSSR count). The topological polar surface area (TPSA) is 83.7 Å². The number of aromatic nitrogens is 1. The smallest absolute Gasteiger partial charge is 0.248 e. The van der Waals surface area contributed by atoms with Crippen LogP contribution >= 0.6 is 0 Å². The number of hydrogen-bond donors (Lipinski definition) is 0. The Kier molecular flexibility index (Phi) is 7.23. The van der Waals surface area contributed by atoms with E-state index in [2.05, 4.69) is 5.16 Å². The second kappa shape index (κ2) is 10.2. The molecule has 0 radical (unpaired) electrons. The van der Waals surface area contributed by atoms with E-state index in [4.69, 9.17) is 4.52 Å². The van der Waals surface area contributed by atoms with Crippen LogP contribution in [0.3, 0.4) is 0 Å². The molecule has 0 unspecified atom stereocenters. The summed E-state index contributed by atoms with van der Waals surface area (Å²) in [6, 6.07) is 15.7. The Bertz CT molecular complexity index is 1320. The number of anilines is 1. The van der Waals surface area contributed by atoms with Gasteiger partial charge in [-0.15, -0.1) is 0 Å². The molecule has 0 aliphatic carbocycles. The highest BCUT2D eigenvalue weighted by molar-refractivity contribution is 7.89. The number of hydrogen-bond acceptors (Lipinski definition) is 5. The van der Waals surface area contributed by atoms with Crippen LogP contribution in [0.1, 0.15) is 41.0 Å². The molecule has 1 aliphatic rings. The number of benzene rings is 2. The van der Waals surface area contributed by atoms with Gasteiger partial charge in [0.2, 0.25) is 15.9 Å². The number of carbonyl (C=O) groups excluding carboxylic acids is 1. The van der Waals surface area contributed by atoms with E-state index >= 15 is 0 Å². The molecule has 35 heavy (non-hydrogen) atoms. The Morgan fingerprint density at radius 3 is 2.14 bits per heavy atom. The van der Waals surface area contributed by atoms with Crippen LogP contribution in [0.25, 0.3) is 12.2 Å². The summed E-state index contributed by atoms with van der Waals surface area (Å²) in [7, 11) is -2.05. The summed E-state index contributed by atoms with van der Waals surface area (Å²) in [6.45, 7) is 6.18. The minimum Gasteiger partial charge on any atom is -0.355 e. The molecule has 1 saturated heterocycles. The average molecular weight is 494 g/mol. The third kappa shape index (κ3) is 5.39. The first-order valence-corrected chi connectivity index (χ1v) is 13.2. The number of aryl methyl sites for hydroxylation is 3. The Balaban J connectivity index is 1.46. The first-order valence-electron chi connectivity index (χ1n) is 11.7. The number of carbonyl (C=O) groups is 1. The summed E-state index contributed by atoms with van der Waals surface area (Å²) >= 11 is 0. The lowest BCUT2D eigenvalue weighted by atomic mass is 9.96. The Morgan fingerprint density at radius 2 is 1.54 bits per heavy atom. The van der Waals surface area contributed by atoms with Crippen molar-refractivity contribution in [2.75, 3.05) is 25.0 Å². The number of rotatable bonds is 6. The molecule has 0 saturated carbocycles. The summed E-state index contributed by atoms with van der Waals surface area (Å²) in [5.41, 5.74) is 4.37. The third-order valence-electron chi connectivity index (χ3n) is 6.49. The zero-order valence-corrected chi connectivity index (χ0v) is 21.4. The largest absolute Gasteiger partial charge is 0.355 e. The fourth-order valence-electron chi connectivity index (χ4n) is 4.29. The van der Waals surface area contributed by atoms with E-state index < -0.39 is 10.0 Å². The number of amides is 1. The second-order valence-corrected chi connectivity index (χ2v) is 11.0. The molecule has 7 nitrogen and oxygen atoms in total. The third-order valence-corrected chi connectivity index (χ3v) is 8.55. The Morgan fingerprint density at radius 1 is 0.971 bits per heavy atom. The number of sulfonamides is 1. The van der Waals surface area contributed by atoms with E-state index in [9.17, 15) is 13.2 Å². The quantitative estimate of drug-likeness (QED) is 0.491. The molecule has 1 aromatic heterocycles. The molecule has 2 heterocycles. The minimum atomic E-state index is -3.82. The molecule has 3 aromatic rings. The monoisotopic (exact) mass is 493 g/mol. The van der Waals surface area contributed by atoms with E-state index in [-0.39, 0.29) is 35.6 Å². The highest BCUT2D eigenvalue weighted by atomic mass is 32.2. The van der Waals surface area contributed by atoms with Gasteiger partial charge in [-0.3, -0.25) is 4.79 Å². The van der Waals surface area contributed by atoms with Crippen molar-refractivity contribution in [3.05, 3.63) is 76.7 Å². The van der Waals surface area contributed by atoms with E-state index in [1.54, 1.807) is 24.9 Å². The van der Waals surface area contributed by atoms with Gasteiger partial charge >= 0.3 is 0 Å². The second-order valence-electron chi connectivity index (χ2n) is 9.12. The normalized spacial score (nSPS) is 15.5. The van der Waals surface area contributed by atoms with Gasteiger partial charge in [0.05, 0.1) is 0 Å². The van der Waals surface area contributed by atoms with Gasteiger partial charge in [0.15, 0.2) is 10.7 Å². The molecule has 1 amide bonds. The molecule has 8 heteroatoms. The lowest BCUT2D eigenvalue weighted by Gasteiger charge is -2.32. The lowest BCUT2D eigenvalue weighted by Crippen LogP contribution is -2.43. The van der Waals surface area contributed by atoms with Gasteiger partial charge in [-0.05, 0) is 57.4 Å². The molecule has 184 valence electrons. The number of piperidine rings is 1. The van der Waals surface area contributed by atoms with Crippen molar-refractivity contribution in [3.8, 4) is 0 Å². The van der Waals surface area contributed by atoms with Crippen molar-refractivity contribution >= 4 is 33.8 Å². The molecular weight excluding hydrogens is 462 g/mol. The fourth-order valence-corrected chi connectivity index (χ4v) is 6.01. The van der Waals surface area contributed by atoms with Crippen molar-refractivity contribution in [1.29, 1.82) is 0 Å². The van der Waals surface area contributed by atoms with E-state index in [0.29, 0.717) is 18.5 Å². The highest BCUT2D eigenvalue weighted by Gasteiger charge is 2.36. The summed E-state index contributed by atoms with van der Waals surface area (Å²) in [5.74, 6) is -0.00797. The summed E-state index contributed by atoms with van der Waals surface area (Å²) < 4.78 is 33.8. The van der Waals surface area contributed by atoms with Crippen LogP contribution in [0, 0.1) is 26.7 Å². The average Bonchev–Trinajstić information content (AvgIpc) is 3.24. The van der Waals surface area contributed by atoms with Crippen molar-refractivity contribution in [3.63, 3.8) is 0 Å². The van der Waals surface area contributed by atoms with Gasteiger partial charge in [-0.25, -0.2) is 8.42 Å². The van der Waals surface area contributed by atoms with Gasteiger partial charge in [0.1, 0.15) is 5.69 Å². The molecule has 2 aromatic carbocycles. The van der Waals surface area contributed by atoms with Gasteiger partial charge in [-0.2, -0.15) is 4.31 Å². The van der Waals surface area contributed by atoms with Crippen LogP contribution in [0.15, 0.2) is 57.9 Å². The molecule has 1 aliphatic heterocycles. The van der Waals surface area contributed by atoms with Gasteiger partial charge in [0.25, 0.3) is 0 Å². The maximum Gasteiger partial charge on any atom is 0.248 e. The van der Waals surface area contributed by atoms with Crippen LogP contribution in [0.5, 0.6) is 0 Å². The molecule has 0 N–H and O–H groups in total. The van der Waals surface area contributed by atoms with Crippen molar-refractivity contribution in [2.45, 2.75) is 38.5 Å². The summed E-state index contributed by atoms with van der Waals surface area (Å²) in [5, 5.41) is 3.92. The zero-order valence-electron chi connectivity index (χ0n) is 20.6. The number of nitrogens with zero attached hydrogens (tertiary/aromatic N) is 3. The van der Waals surface area contributed by atoms with E-state index in [0.717, 1.165) is 22.4 Å². The predicted octanol–water partition coefficient (Wildman–Crippen LogP) is 4.83. The molecular formula is C27H31N3O4S. The SMILES string of the molecule is Cc1ccc(/C=C/c2onc(C)c2S(=O)(=O)N2CCC(C(=O)N(C)c3ccc(C)cc3)CC2)cc1. The van der Waals surface area contributed by atoms with Crippen LogP contribution in [-0.2, 0) is 14.8 Å². The van der Waals surface area contributed by atoms with Crippen molar-refractivity contribution in [1.82, 2.24) is 9.46 Å². The van der Waals surface area contributed by atoms with Crippen molar-refractivity contribution < 1.29 is 17.7 Å². The standard InChI is InChI=1S/C27H31N3O4S/c1-19-5-9-22(10-6-19)11-14-25-26(21(3)28-34-25)35(32,33)30-17-15-23(16-18-30)27(31)29(4)24-12-7-20(2)8-13-24/h5-14,23H,15-18H2,1-4H3/b14-11+. The summed E-state index contributed by atoms with van der Waals surface area (Å²) in [4.78, 5) is 14.8. The maximum atomic E-state index is 13.5. The van der Waals surface area contributed by atoms with Crippen LogP contribution in [0.2, 0.25) is 0 Å². The van der Waals surface area contributed by atoms with Crippen LogP contribution in [0.4, 0.5) is 5.69 Å². The molecule has 1 fully saturated rings. The lowest BCUT2D eigenvalue weighted by molar-refractivity contribution is -0.123. The van der Waals surface area contributed by atoms with Gasteiger partial charge in [0, 0.05) is 31.7 Å². The van der Waals surface area contributed by atoms with Crippen LogP contribution in [-0.4, -0.2) is 43.9 Å². The van der Waals surface area contributed by atoms with Gasteiger partial charge < -0.3 is 9.42 Å². The zero-order chi connectivity index (χ0) is 25.2. The highest BCUT2D eigenvalue weighted by Crippen LogP contribution is 2.30. The Hall–Kier alpha value is -3.23. The van der Waals surface area contributed by atoms with E-state index in [1.165, 1.54) is 4.31 Å². The van der Waals surface area contributed by atoms with Gasteiger partial charge in [-0.1, -0.05) is 58.8 Å². The predicted molar refractivity (Wildman–Crippen MR) is 137 cm³/mol. The molecule has 0 bridgehead atoms. The first kappa shape index (κ1) is 24.9. The minimum absolute atomic E-state index is 0.00813. The molecule has 0 spiro atoms. The maximum absolute atomic E-state index is 13.5. The summed E-state index contributed by atoms with van der Waals surface area (Å²) in [6.07, 6.45) is 4.38. The molecule has 0 atom stereocenters. The fraction of sp³-hybridized carbons (Fsp3) is 0.333. The Labute approximate surface area is 207 Å². The van der Waals surface area contributed by atoms with Crippen molar-refractivity contribution in [2.24, 2.45) is 5.92 Å². The van der Waals surface area contributed by atoms with E-state index in [1.807, 2.05) is 68.5 Å².